The lowest BCUT2D eigenvalue weighted by atomic mass is 9.93. The highest BCUT2D eigenvalue weighted by molar-refractivity contribution is 6.05. The second-order valence-electron chi connectivity index (χ2n) is 13.5. The van der Waals surface area contributed by atoms with Crippen LogP contribution in [0.2, 0.25) is 0 Å². The number of likely N-dealkylation sites (tertiary alicyclic amines) is 1. The molecule has 10 heteroatoms. The third-order valence-corrected chi connectivity index (χ3v) is 10.3. The Kier molecular flexibility index (Phi) is 8.48. The first kappa shape index (κ1) is 31.6. The summed E-state index contributed by atoms with van der Waals surface area (Å²) in [6.45, 7) is 9.92. The maximum Gasteiger partial charge on any atom is 0.328 e. The normalized spacial score (nSPS) is 18.0. The van der Waals surface area contributed by atoms with Gasteiger partial charge in [0, 0.05) is 49.2 Å². The van der Waals surface area contributed by atoms with E-state index in [0.717, 1.165) is 96.1 Å². The van der Waals surface area contributed by atoms with Crippen molar-refractivity contribution in [3.05, 3.63) is 89.1 Å². The van der Waals surface area contributed by atoms with Gasteiger partial charge >= 0.3 is 6.03 Å². The van der Waals surface area contributed by atoms with Gasteiger partial charge in [-0.1, -0.05) is 29.4 Å². The summed E-state index contributed by atoms with van der Waals surface area (Å²) in [5.41, 5.74) is 9.05. The van der Waals surface area contributed by atoms with Crippen LogP contribution in [0.4, 0.5) is 21.9 Å². The van der Waals surface area contributed by atoms with Gasteiger partial charge in [0.15, 0.2) is 0 Å². The number of hydrogen-bond acceptors (Lipinski definition) is 8. The largest absolute Gasteiger partial charge is 0.361 e. The highest BCUT2D eigenvalue weighted by atomic mass is 16.5. The van der Waals surface area contributed by atoms with E-state index in [9.17, 15) is 14.9 Å². The number of carbonyl (C=O) groups excluding carboxylic acids is 2. The molecule has 2 aromatic heterocycles. The fraction of sp³-hybridized carbons (Fsp3) is 0.395. The Morgan fingerprint density at radius 3 is 2.48 bits per heavy atom. The summed E-state index contributed by atoms with van der Waals surface area (Å²) in [7, 11) is 0. The van der Waals surface area contributed by atoms with Crippen molar-refractivity contribution in [2.75, 3.05) is 36.0 Å². The zero-order valence-corrected chi connectivity index (χ0v) is 27.8. The number of pyridine rings is 1. The van der Waals surface area contributed by atoms with Crippen LogP contribution in [0, 0.1) is 38.0 Å². The number of carbonyl (C=O) groups is 2. The summed E-state index contributed by atoms with van der Waals surface area (Å²) in [4.78, 5) is 35.1. The van der Waals surface area contributed by atoms with Crippen LogP contribution in [0.5, 0.6) is 0 Å². The highest BCUT2D eigenvalue weighted by Crippen LogP contribution is 2.48. The number of benzene rings is 2. The van der Waals surface area contributed by atoms with Crippen molar-refractivity contribution in [3.63, 3.8) is 0 Å². The molecule has 7 rings (SSSR count). The van der Waals surface area contributed by atoms with E-state index in [1.54, 1.807) is 17.3 Å². The van der Waals surface area contributed by atoms with Crippen molar-refractivity contribution >= 4 is 29.0 Å². The van der Waals surface area contributed by atoms with Crippen molar-refractivity contribution in [2.45, 2.75) is 64.8 Å². The SMILES string of the molecule is Cc1ccc(-c2c(C)noc2C)cc1N(CC1CCN(Cc2ccncc2N2CCC(=O)NC2=O)CC1)c1ccc(C2(C#N)CC2)cc1. The van der Waals surface area contributed by atoms with Gasteiger partial charge in [0.05, 0.1) is 29.1 Å². The molecule has 0 bridgehead atoms. The molecule has 246 valence electrons. The number of nitrogens with zero attached hydrogens (tertiary/aromatic N) is 6. The standard InChI is InChI=1S/C38H41N7O3/c1-25-4-5-29(36-26(2)42-48-27(36)3)20-33(25)45(32-8-6-31(7-9-32)38(24-39)14-15-38)22-28-11-17-43(18-12-28)23-30-10-16-40-21-34(30)44-19-13-35(46)41-37(44)47/h4-10,16,20-21,28H,11-15,17-19,22-23H2,1-3H3,(H,41,46,47). The second kappa shape index (κ2) is 12.9. The number of nitrogens with one attached hydrogen (secondary N) is 1. The molecule has 0 spiro atoms. The molecule has 2 aromatic carbocycles. The van der Waals surface area contributed by atoms with Crippen LogP contribution in [0.15, 0.2) is 65.4 Å². The lowest BCUT2D eigenvalue weighted by molar-refractivity contribution is -0.120. The summed E-state index contributed by atoms with van der Waals surface area (Å²) >= 11 is 0. The van der Waals surface area contributed by atoms with E-state index in [2.05, 4.69) is 80.7 Å². The zero-order chi connectivity index (χ0) is 33.4. The smallest absolute Gasteiger partial charge is 0.328 e. The molecule has 4 aromatic rings. The summed E-state index contributed by atoms with van der Waals surface area (Å²) in [6, 6.07) is 19.3. The summed E-state index contributed by atoms with van der Waals surface area (Å²) < 4.78 is 5.52. The lowest BCUT2D eigenvalue weighted by Gasteiger charge is -2.37. The number of aryl methyl sites for hydroxylation is 3. The van der Waals surface area contributed by atoms with E-state index in [-0.39, 0.29) is 23.8 Å². The van der Waals surface area contributed by atoms with Gasteiger partial charge in [-0.3, -0.25) is 24.9 Å². The van der Waals surface area contributed by atoms with Crippen LogP contribution in [0.1, 0.15) is 60.2 Å². The lowest BCUT2D eigenvalue weighted by Crippen LogP contribution is -2.50. The predicted molar refractivity (Wildman–Crippen MR) is 184 cm³/mol. The van der Waals surface area contributed by atoms with Crippen molar-refractivity contribution in [2.24, 2.45) is 5.92 Å². The molecule has 2 saturated heterocycles. The number of aromatic nitrogens is 2. The third-order valence-electron chi connectivity index (χ3n) is 10.3. The predicted octanol–water partition coefficient (Wildman–Crippen LogP) is 6.71. The van der Waals surface area contributed by atoms with E-state index >= 15 is 0 Å². The van der Waals surface area contributed by atoms with E-state index < -0.39 is 0 Å². The Labute approximate surface area is 281 Å². The first-order chi connectivity index (χ1) is 23.2. The molecule has 4 heterocycles. The van der Waals surface area contributed by atoms with Crippen LogP contribution in [0.25, 0.3) is 11.1 Å². The third kappa shape index (κ3) is 6.18. The quantitative estimate of drug-likeness (QED) is 0.214. The summed E-state index contributed by atoms with van der Waals surface area (Å²) in [6.07, 6.45) is 7.70. The van der Waals surface area contributed by atoms with Crippen LogP contribution < -0.4 is 15.1 Å². The average Bonchev–Trinajstić information content (AvgIpc) is 3.83. The number of hydrogen-bond donors (Lipinski definition) is 1. The summed E-state index contributed by atoms with van der Waals surface area (Å²) in [5.74, 6) is 1.03. The number of urea groups is 1. The summed E-state index contributed by atoms with van der Waals surface area (Å²) in [5, 5.41) is 16.4. The van der Waals surface area contributed by atoms with Gasteiger partial charge in [-0.15, -0.1) is 0 Å². The van der Waals surface area contributed by atoms with Crippen molar-refractivity contribution in [3.8, 4) is 17.2 Å². The molecule has 1 saturated carbocycles. The van der Waals surface area contributed by atoms with Gasteiger partial charge in [0.1, 0.15) is 5.76 Å². The van der Waals surface area contributed by atoms with E-state index in [1.165, 1.54) is 5.56 Å². The van der Waals surface area contributed by atoms with Crippen molar-refractivity contribution in [1.82, 2.24) is 20.4 Å². The molecule has 0 radical (unpaired) electrons. The molecular weight excluding hydrogens is 602 g/mol. The second-order valence-corrected chi connectivity index (χ2v) is 13.5. The van der Waals surface area contributed by atoms with Crippen LogP contribution in [0.3, 0.4) is 0 Å². The molecule has 1 N–H and O–H groups in total. The Morgan fingerprint density at radius 2 is 1.81 bits per heavy atom. The zero-order valence-electron chi connectivity index (χ0n) is 27.8. The maximum atomic E-state index is 12.6. The highest BCUT2D eigenvalue weighted by Gasteiger charge is 2.44. The minimum absolute atomic E-state index is 0.242. The fourth-order valence-electron chi connectivity index (χ4n) is 7.26. The topological polar surface area (TPSA) is 119 Å². The maximum absolute atomic E-state index is 12.6. The minimum Gasteiger partial charge on any atom is -0.361 e. The number of rotatable bonds is 9. The number of nitriles is 1. The van der Waals surface area contributed by atoms with Gasteiger partial charge in [0.25, 0.3) is 0 Å². The first-order valence-corrected chi connectivity index (χ1v) is 16.8. The van der Waals surface area contributed by atoms with E-state index in [4.69, 9.17) is 4.52 Å². The van der Waals surface area contributed by atoms with Gasteiger partial charge < -0.3 is 9.42 Å². The Hall–Kier alpha value is -5.01. The number of imide groups is 1. The molecule has 1 aliphatic carbocycles. The fourth-order valence-corrected chi connectivity index (χ4v) is 7.26. The number of amides is 3. The Bertz CT molecular complexity index is 1860. The monoisotopic (exact) mass is 643 g/mol. The van der Waals surface area contributed by atoms with Gasteiger partial charge in [-0.05, 0) is 112 Å². The Balaban J connectivity index is 1.11. The van der Waals surface area contributed by atoms with Gasteiger partial charge in [-0.25, -0.2) is 4.79 Å². The number of anilines is 3. The van der Waals surface area contributed by atoms with Crippen LogP contribution >= 0.6 is 0 Å². The van der Waals surface area contributed by atoms with Gasteiger partial charge in [0.2, 0.25) is 5.91 Å². The molecule has 3 amide bonds. The Morgan fingerprint density at radius 1 is 1.04 bits per heavy atom. The minimum atomic E-state index is -0.388. The number of piperidine rings is 1. The molecule has 48 heavy (non-hydrogen) atoms. The van der Waals surface area contributed by atoms with Crippen molar-refractivity contribution in [1.29, 1.82) is 5.26 Å². The average molecular weight is 644 g/mol. The van der Waals surface area contributed by atoms with Crippen molar-refractivity contribution < 1.29 is 14.1 Å². The first-order valence-electron chi connectivity index (χ1n) is 16.8. The molecule has 10 nitrogen and oxygen atoms in total. The van der Waals surface area contributed by atoms with Crippen LogP contribution in [-0.2, 0) is 16.8 Å². The molecule has 3 aliphatic rings. The van der Waals surface area contributed by atoms with E-state index in [1.807, 2.05) is 19.9 Å². The van der Waals surface area contributed by atoms with Gasteiger partial charge in [-0.2, -0.15) is 5.26 Å². The van der Waals surface area contributed by atoms with E-state index in [0.29, 0.717) is 19.0 Å². The molecule has 2 aliphatic heterocycles. The molecular formula is C38H41N7O3. The molecule has 3 fully saturated rings. The van der Waals surface area contributed by atoms with Crippen LogP contribution in [-0.4, -0.2) is 53.2 Å². The molecule has 0 unspecified atom stereocenters. The molecule has 0 atom stereocenters.